The maximum atomic E-state index is 13.0. The highest BCUT2D eigenvalue weighted by molar-refractivity contribution is 7.89. The topological polar surface area (TPSA) is 79.8 Å². The van der Waals surface area contributed by atoms with E-state index in [1.807, 2.05) is 13.8 Å². The number of hydrogen-bond donors (Lipinski definition) is 0. The zero-order valence-electron chi connectivity index (χ0n) is 14.7. The van der Waals surface area contributed by atoms with Crippen LogP contribution in [0.25, 0.3) is 0 Å². The predicted octanol–water partition coefficient (Wildman–Crippen LogP) is 2.08. The highest BCUT2D eigenvalue weighted by atomic mass is 32.2. The Balaban J connectivity index is 1.75. The molecule has 1 aliphatic heterocycles. The van der Waals surface area contributed by atoms with Crippen LogP contribution >= 0.6 is 11.3 Å². The molecule has 2 aromatic rings. The van der Waals surface area contributed by atoms with E-state index in [1.165, 1.54) is 21.7 Å². The quantitative estimate of drug-likeness (QED) is 0.774. The summed E-state index contributed by atoms with van der Waals surface area (Å²) in [7, 11) is -3.64. The third-order valence-corrected chi connectivity index (χ3v) is 6.70. The standard InChI is InChI=1S/C17H21N3O4S2/c1-3-24-14-5-4-6-15(9-14)26(22,23)19-7-8-20(13(2)10-19)17(21)16-11-25-12-18-16/h4-6,9,11-13H,3,7-8,10H2,1-2H3/t13-/m0/s1. The molecule has 0 aliphatic carbocycles. The lowest BCUT2D eigenvalue weighted by Gasteiger charge is -2.38. The number of rotatable bonds is 5. The summed E-state index contributed by atoms with van der Waals surface area (Å²) in [5.74, 6) is 0.369. The number of benzene rings is 1. The fraction of sp³-hybridized carbons (Fsp3) is 0.412. The molecule has 1 atom stereocenters. The maximum absolute atomic E-state index is 13.0. The van der Waals surface area contributed by atoms with Crippen LogP contribution in [-0.4, -0.2) is 60.8 Å². The number of sulfonamides is 1. The Morgan fingerprint density at radius 1 is 1.38 bits per heavy atom. The van der Waals surface area contributed by atoms with E-state index in [4.69, 9.17) is 4.74 Å². The molecule has 0 bridgehead atoms. The molecule has 1 aromatic heterocycles. The minimum atomic E-state index is -3.64. The number of piperazine rings is 1. The van der Waals surface area contributed by atoms with Crippen molar-refractivity contribution in [2.45, 2.75) is 24.8 Å². The average Bonchev–Trinajstić information content (AvgIpc) is 3.16. The van der Waals surface area contributed by atoms with E-state index >= 15 is 0 Å². The second-order valence-corrected chi connectivity index (χ2v) is 8.65. The fourth-order valence-electron chi connectivity index (χ4n) is 2.95. The average molecular weight is 396 g/mol. The van der Waals surface area contributed by atoms with Crippen LogP contribution in [0.2, 0.25) is 0 Å². The van der Waals surface area contributed by atoms with E-state index in [2.05, 4.69) is 4.98 Å². The zero-order chi connectivity index (χ0) is 18.7. The Morgan fingerprint density at radius 2 is 2.19 bits per heavy atom. The first-order valence-corrected chi connectivity index (χ1v) is 10.7. The molecule has 0 unspecified atom stereocenters. The summed E-state index contributed by atoms with van der Waals surface area (Å²) in [5.41, 5.74) is 2.02. The van der Waals surface area contributed by atoms with Crippen molar-refractivity contribution in [1.29, 1.82) is 0 Å². The minimum absolute atomic E-state index is 0.158. The van der Waals surface area contributed by atoms with E-state index in [1.54, 1.807) is 34.0 Å². The van der Waals surface area contributed by atoms with Crippen LogP contribution in [0.4, 0.5) is 0 Å². The monoisotopic (exact) mass is 395 g/mol. The number of amides is 1. The molecule has 1 aromatic carbocycles. The van der Waals surface area contributed by atoms with Crippen molar-refractivity contribution >= 4 is 27.3 Å². The molecule has 0 radical (unpaired) electrons. The Hall–Kier alpha value is -1.97. The van der Waals surface area contributed by atoms with Gasteiger partial charge in [0.15, 0.2) is 0 Å². The third-order valence-electron chi connectivity index (χ3n) is 4.26. The van der Waals surface area contributed by atoms with Gasteiger partial charge in [0, 0.05) is 37.1 Å². The highest BCUT2D eigenvalue weighted by Crippen LogP contribution is 2.24. The minimum Gasteiger partial charge on any atom is -0.494 e. The van der Waals surface area contributed by atoms with Crippen molar-refractivity contribution in [2.75, 3.05) is 26.2 Å². The number of hydrogen-bond acceptors (Lipinski definition) is 6. The van der Waals surface area contributed by atoms with E-state index in [-0.39, 0.29) is 29.9 Å². The number of thiazole rings is 1. The van der Waals surface area contributed by atoms with Crippen LogP contribution < -0.4 is 4.74 Å². The van der Waals surface area contributed by atoms with Gasteiger partial charge in [0.1, 0.15) is 11.4 Å². The molecule has 2 heterocycles. The first-order chi connectivity index (χ1) is 12.4. The molecule has 3 rings (SSSR count). The van der Waals surface area contributed by atoms with Crippen LogP contribution in [0.1, 0.15) is 24.3 Å². The van der Waals surface area contributed by atoms with Gasteiger partial charge in [-0.15, -0.1) is 11.3 Å². The number of carbonyl (C=O) groups excluding carboxylic acids is 1. The van der Waals surface area contributed by atoms with Crippen LogP contribution in [-0.2, 0) is 10.0 Å². The number of aromatic nitrogens is 1. The van der Waals surface area contributed by atoms with Gasteiger partial charge in [-0.2, -0.15) is 4.31 Å². The molecular formula is C17H21N3O4S2. The van der Waals surface area contributed by atoms with Crippen molar-refractivity contribution in [3.63, 3.8) is 0 Å². The van der Waals surface area contributed by atoms with E-state index in [9.17, 15) is 13.2 Å². The van der Waals surface area contributed by atoms with Crippen molar-refractivity contribution in [3.8, 4) is 5.75 Å². The van der Waals surface area contributed by atoms with Gasteiger partial charge in [-0.3, -0.25) is 4.79 Å². The Bertz CT molecular complexity index is 868. The van der Waals surface area contributed by atoms with Gasteiger partial charge in [0.05, 0.1) is 17.0 Å². The van der Waals surface area contributed by atoms with Crippen molar-refractivity contribution < 1.29 is 17.9 Å². The fourth-order valence-corrected chi connectivity index (χ4v) is 5.02. The van der Waals surface area contributed by atoms with Crippen LogP contribution in [0, 0.1) is 0 Å². The largest absolute Gasteiger partial charge is 0.494 e. The van der Waals surface area contributed by atoms with Crippen molar-refractivity contribution in [1.82, 2.24) is 14.2 Å². The molecule has 1 amide bonds. The Labute approximate surface area is 157 Å². The van der Waals surface area contributed by atoms with E-state index < -0.39 is 10.0 Å². The SMILES string of the molecule is CCOc1cccc(S(=O)(=O)N2CCN(C(=O)c3cscn3)[C@@H](C)C2)c1. The second kappa shape index (κ2) is 7.73. The summed E-state index contributed by atoms with van der Waals surface area (Å²) in [5, 5.41) is 1.71. The lowest BCUT2D eigenvalue weighted by Crippen LogP contribution is -2.55. The van der Waals surface area contributed by atoms with Gasteiger partial charge < -0.3 is 9.64 Å². The molecule has 26 heavy (non-hydrogen) atoms. The second-order valence-electron chi connectivity index (χ2n) is 5.99. The summed E-state index contributed by atoms with van der Waals surface area (Å²) in [6, 6.07) is 6.27. The molecule has 0 N–H and O–H groups in total. The van der Waals surface area contributed by atoms with Gasteiger partial charge in [-0.25, -0.2) is 13.4 Å². The first kappa shape index (κ1) is 18.8. The number of carbonyl (C=O) groups is 1. The Kier molecular flexibility index (Phi) is 5.59. The molecule has 140 valence electrons. The molecule has 7 nitrogen and oxygen atoms in total. The molecule has 9 heteroatoms. The van der Waals surface area contributed by atoms with Crippen LogP contribution in [0.3, 0.4) is 0 Å². The van der Waals surface area contributed by atoms with Crippen LogP contribution in [0.5, 0.6) is 5.75 Å². The molecule has 1 fully saturated rings. The normalized spacial score (nSPS) is 18.7. The summed E-state index contributed by atoms with van der Waals surface area (Å²) in [6.07, 6.45) is 0. The van der Waals surface area contributed by atoms with Gasteiger partial charge >= 0.3 is 0 Å². The van der Waals surface area contributed by atoms with Gasteiger partial charge in [-0.05, 0) is 26.0 Å². The first-order valence-electron chi connectivity index (χ1n) is 8.35. The molecule has 0 saturated carbocycles. The van der Waals surface area contributed by atoms with Gasteiger partial charge in [0.25, 0.3) is 5.91 Å². The lowest BCUT2D eigenvalue weighted by atomic mass is 10.2. The molecule has 1 aliphatic rings. The summed E-state index contributed by atoms with van der Waals surface area (Å²) in [6.45, 7) is 5.00. The third kappa shape index (κ3) is 3.74. The predicted molar refractivity (Wildman–Crippen MR) is 99.0 cm³/mol. The lowest BCUT2D eigenvalue weighted by molar-refractivity contribution is 0.0586. The molecular weight excluding hydrogens is 374 g/mol. The number of ether oxygens (including phenoxy) is 1. The van der Waals surface area contributed by atoms with Gasteiger partial charge in [-0.1, -0.05) is 6.07 Å². The summed E-state index contributed by atoms with van der Waals surface area (Å²) < 4.78 is 32.7. The van der Waals surface area contributed by atoms with Crippen molar-refractivity contribution in [3.05, 3.63) is 40.8 Å². The van der Waals surface area contributed by atoms with E-state index in [0.29, 0.717) is 24.6 Å². The van der Waals surface area contributed by atoms with Crippen molar-refractivity contribution in [2.24, 2.45) is 0 Å². The van der Waals surface area contributed by atoms with Gasteiger partial charge in [0.2, 0.25) is 10.0 Å². The molecule has 0 spiro atoms. The van der Waals surface area contributed by atoms with E-state index in [0.717, 1.165) is 0 Å². The smallest absolute Gasteiger partial charge is 0.273 e. The highest BCUT2D eigenvalue weighted by Gasteiger charge is 2.35. The summed E-state index contributed by atoms with van der Waals surface area (Å²) in [4.78, 5) is 18.4. The van der Waals surface area contributed by atoms with Crippen LogP contribution in [0.15, 0.2) is 40.1 Å². The number of nitrogens with zero attached hydrogens (tertiary/aromatic N) is 3. The molecule has 1 saturated heterocycles. The zero-order valence-corrected chi connectivity index (χ0v) is 16.3. The Morgan fingerprint density at radius 3 is 2.85 bits per heavy atom. The summed E-state index contributed by atoms with van der Waals surface area (Å²) >= 11 is 1.36. The maximum Gasteiger partial charge on any atom is 0.273 e.